The zero-order valence-electron chi connectivity index (χ0n) is 13.1. The van der Waals surface area contributed by atoms with Crippen molar-refractivity contribution in [1.82, 2.24) is 0 Å². The Morgan fingerprint density at radius 3 is 2.24 bits per heavy atom. The molecule has 1 aromatic carbocycles. The van der Waals surface area contributed by atoms with Crippen LogP contribution < -0.4 is 5.73 Å². The van der Waals surface area contributed by atoms with Gasteiger partial charge in [0.05, 0.1) is 6.10 Å². The molecule has 1 aromatic rings. The van der Waals surface area contributed by atoms with Crippen LogP contribution in [0.2, 0.25) is 0 Å². The summed E-state index contributed by atoms with van der Waals surface area (Å²) in [5.41, 5.74) is 7.35. The number of rotatable bonds is 5. The van der Waals surface area contributed by atoms with Gasteiger partial charge in [-0.05, 0) is 49.6 Å². The Balaban J connectivity index is 2.00. The normalized spacial score (nSPS) is 24.0. The smallest absolute Gasteiger partial charge is 0.165 e. The van der Waals surface area contributed by atoms with Gasteiger partial charge >= 0.3 is 0 Å². The molecule has 116 valence electrons. The second-order valence-electron chi connectivity index (χ2n) is 6.63. The third-order valence-corrected chi connectivity index (χ3v) is 4.72. The van der Waals surface area contributed by atoms with Gasteiger partial charge in [0, 0.05) is 11.5 Å². The molecule has 1 saturated carbocycles. The number of carbonyl (C=O) groups excluding carboxylic acids is 1. The van der Waals surface area contributed by atoms with E-state index in [1.807, 2.05) is 38.1 Å². The molecule has 1 aliphatic rings. The molecule has 3 N–H and O–H groups in total. The van der Waals surface area contributed by atoms with E-state index in [0.717, 1.165) is 43.4 Å². The topological polar surface area (TPSA) is 63.3 Å². The minimum atomic E-state index is -0.464. The Morgan fingerprint density at radius 2 is 1.76 bits per heavy atom. The summed E-state index contributed by atoms with van der Waals surface area (Å²) in [5.74, 6) is 1.17. The van der Waals surface area contributed by atoms with Crippen molar-refractivity contribution in [3.8, 4) is 0 Å². The van der Waals surface area contributed by atoms with E-state index in [0.29, 0.717) is 5.92 Å². The van der Waals surface area contributed by atoms with Crippen molar-refractivity contribution in [2.75, 3.05) is 6.54 Å². The highest BCUT2D eigenvalue weighted by molar-refractivity contribution is 5.97. The van der Waals surface area contributed by atoms with E-state index >= 15 is 0 Å². The molecule has 0 bridgehead atoms. The zero-order valence-corrected chi connectivity index (χ0v) is 13.1. The van der Waals surface area contributed by atoms with Gasteiger partial charge < -0.3 is 10.8 Å². The van der Waals surface area contributed by atoms with Crippen LogP contribution in [0.15, 0.2) is 24.3 Å². The van der Waals surface area contributed by atoms with Crippen molar-refractivity contribution in [3.63, 3.8) is 0 Å². The van der Waals surface area contributed by atoms with E-state index in [1.54, 1.807) is 0 Å². The standard InChI is InChI=1S/C18H27NO2/c1-12(2)17(20)14-7-9-16(10-8-14)18(21)15-5-3-13(11-19)4-6-15/h7-10,12-13,15,17,20H,3-6,11,19H2,1-2H3. The van der Waals surface area contributed by atoms with Gasteiger partial charge in [0.2, 0.25) is 0 Å². The quantitative estimate of drug-likeness (QED) is 0.817. The van der Waals surface area contributed by atoms with E-state index in [1.165, 1.54) is 0 Å². The lowest BCUT2D eigenvalue weighted by molar-refractivity contribution is 0.0873. The van der Waals surface area contributed by atoms with Gasteiger partial charge in [-0.1, -0.05) is 38.1 Å². The highest BCUT2D eigenvalue weighted by Gasteiger charge is 2.26. The lowest BCUT2D eigenvalue weighted by Gasteiger charge is -2.26. The largest absolute Gasteiger partial charge is 0.388 e. The molecule has 1 fully saturated rings. The Hall–Kier alpha value is -1.19. The summed E-state index contributed by atoms with van der Waals surface area (Å²) < 4.78 is 0. The molecule has 0 aromatic heterocycles. The molecule has 0 saturated heterocycles. The van der Waals surface area contributed by atoms with Crippen molar-refractivity contribution in [3.05, 3.63) is 35.4 Å². The van der Waals surface area contributed by atoms with Gasteiger partial charge in [0.25, 0.3) is 0 Å². The van der Waals surface area contributed by atoms with E-state index in [9.17, 15) is 9.90 Å². The summed E-state index contributed by atoms with van der Waals surface area (Å²) >= 11 is 0. The summed E-state index contributed by atoms with van der Waals surface area (Å²) in [5, 5.41) is 10.0. The van der Waals surface area contributed by atoms with Crippen LogP contribution in [0.1, 0.15) is 61.6 Å². The van der Waals surface area contributed by atoms with Gasteiger partial charge in [0.15, 0.2) is 5.78 Å². The van der Waals surface area contributed by atoms with Crippen molar-refractivity contribution in [1.29, 1.82) is 0 Å². The fourth-order valence-electron chi connectivity index (χ4n) is 3.13. The van der Waals surface area contributed by atoms with Gasteiger partial charge in [-0.15, -0.1) is 0 Å². The third kappa shape index (κ3) is 3.92. The number of benzene rings is 1. The van der Waals surface area contributed by atoms with Crippen LogP contribution in [-0.4, -0.2) is 17.4 Å². The van der Waals surface area contributed by atoms with Crippen LogP contribution in [-0.2, 0) is 0 Å². The molecule has 21 heavy (non-hydrogen) atoms. The summed E-state index contributed by atoms with van der Waals surface area (Å²) in [6, 6.07) is 7.48. The minimum absolute atomic E-state index is 0.147. The number of Topliss-reactive ketones (excluding diaryl/α,β-unsaturated/α-hetero) is 1. The molecular formula is C18H27NO2. The molecule has 0 spiro atoms. The molecular weight excluding hydrogens is 262 g/mol. The lowest BCUT2D eigenvalue weighted by atomic mass is 9.78. The first-order valence-corrected chi connectivity index (χ1v) is 8.05. The average Bonchev–Trinajstić information content (AvgIpc) is 2.53. The van der Waals surface area contributed by atoms with Crippen LogP contribution in [0.5, 0.6) is 0 Å². The van der Waals surface area contributed by atoms with E-state index in [4.69, 9.17) is 5.73 Å². The fourth-order valence-corrected chi connectivity index (χ4v) is 3.13. The van der Waals surface area contributed by atoms with Gasteiger partial charge in [-0.2, -0.15) is 0 Å². The monoisotopic (exact) mass is 289 g/mol. The molecule has 1 atom stereocenters. The predicted molar refractivity (Wildman–Crippen MR) is 85.1 cm³/mol. The molecule has 0 heterocycles. The van der Waals surface area contributed by atoms with Crippen molar-refractivity contribution < 1.29 is 9.90 Å². The zero-order chi connectivity index (χ0) is 15.4. The molecule has 1 aliphatic carbocycles. The Labute approximate surface area is 127 Å². The number of carbonyl (C=O) groups is 1. The summed E-state index contributed by atoms with van der Waals surface area (Å²) in [6.07, 6.45) is 3.58. The predicted octanol–water partition coefficient (Wildman–Crippen LogP) is 3.32. The van der Waals surface area contributed by atoms with Crippen molar-refractivity contribution in [2.45, 2.75) is 45.6 Å². The molecule has 0 aliphatic heterocycles. The van der Waals surface area contributed by atoms with Gasteiger partial charge in [-0.3, -0.25) is 4.79 Å². The van der Waals surface area contributed by atoms with Crippen molar-refractivity contribution in [2.24, 2.45) is 23.5 Å². The minimum Gasteiger partial charge on any atom is -0.388 e. The van der Waals surface area contributed by atoms with Crippen LogP contribution in [0.4, 0.5) is 0 Å². The van der Waals surface area contributed by atoms with Crippen LogP contribution in [0.3, 0.4) is 0 Å². The van der Waals surface area contributed by atoms with E-state index in [-0.39, 0.29) is 17.6 Å². The number of ketones is 1. The maximum Gasteiger partial charge on any atom is 0.165 e. The van der Waals surface area contributed by atoms with Gasteiger partial charge in [-0.25, -0.2) is 0 Å². The van der Waals surface area contributed by atoms with Gasteiger partial charge in [0.1, 0.15) is 0 Å². The van der Waals surface area contributed by atoms with E-state index < -0.39 is 6.10 Å². The molecule has 1 unspecified atom stereocenters. The van der Waals surface area contributed by atoms with E-state index in [2.05, 4.69) is 0 Å². The number of nitrogens with two attached hydrogens (primary N) is 1. The first kappa shape index (κ1) is 16.2. The third-order valence-electron chi connectivity index (χ3n) is 4.72. The maximum atomic E-state index is 12.5. The number of hydrogen-bond acceptors (Lipinski definition) is 3. The maximum absolute atomic E-state index is 12.5. The molecule has 0 radical (unpaired) electrons. The second-order valence-corrected chi connectivity index (χ2v) is 6.63. The molecule has 3 heteroatoms. The second kappa shape index (κ2) is 7.19. The number of hydrogen-bond donors (Lipinski definition) is 2. The Bertz CT molecular complexity index is 459. The molecule has 3 nitrogen and oxygen atoms in total. The Morgan fingerprint density at radius 1 is 1.19 bits per heavy atom. The first-order valence-electron chi connectivity index (χ1n) is 8.05. The molecule has 2 rings (SSSR count). The first-order chi connectivity index (χ1) is 10.0. The number of aliphatic hydroxyl groups excluding tert-OH is 1. The van der Waals surface area contributed by atoms with Crippen LogP contribution >= 0.6 is 0 Å². The Kier molecular flexibility index (Phi) is 5.54. The molecule has 0 amide bonds. The lowest BCUT2D eigenvalue weighted by Crippen LogP contribution is -2.25. The fraction of sp³-hybridized carbons (Fsp3) is 0.611. The van der Waals surface area contributed by atoms with Crippen LogP contribution in [0, 0.1) is 17.8 Å². The average molecular weight is 289 g/mol. The number of aliphatic hydroxyl groups is 1. The van der Waals surface area contributed by atoms with Crippen LogP contribution in [0.25, 0.3) is 0 Å². The summed E-state index contributed by atoms with van der Waals surface area (Å²) in [7, 11) is 0. The summed E-state index contributed by atoms with van der Waals surface area (Å²) in [4.78, 5) is 12.5. The SMILES string of the molecule is CC(C)C(O)c1ccc(C(=O)C2CCC(CN)CC2)cc1. The highest BCUT2D eigenvalue weighted by Crippen LogP contribution is 2.31. The summed E-state index contributed by atoms with van der Waals surface area (Å²) in [6.45, 7) is 4.71. The van der Waals surface area contributed by atoms with Crippen molar-refractivity contribution >= 4 is 5.78 Å². The highest BCUT2D eigenvalue weighted by atomic mass is 16.3.